The van der Waals surface area contributed by atoms with Crippen molar-refractivity contribution in [3.05, 3.63) is 273 Å². The minimum absolute atomic E-state index is 0.0719. The highest BCUT2D eigenvalue weighted by Crippen LogP contribution is 2.51. The van der Waals surface area contributed by atoms with E-state index in [-0.39, 0.29) is 10.8 Å². The molecule has 82 heavy (non-hydrogen) atoms. The molecule has 2 aromatic heterocycles. The first-order chi connectivity index (χ1) is 39.1. The van der Waals surface area contributed by atoms with Crippen LogP contribution in [0.3, 0.4) is 0 Å². The van der Waals surface area contributed by atoms with Crippen molar-refractivity contribution in [1.82, 2.24) is 0 Å². The number of benzene rings is 8. The SMILES string of the molecule is CC(C)(C)c1ccc(/C=C/c2ccc(-c3cc(-c4ccc(/C=C/c5ccc(C(F)(F)F)cc5)cc4)sc3-c3sc(-c4ccc(/C=C/c5ccc(C(F)(F)F)cc5)cc4)cc3-c3ccc(/C=C/c4ccc(C(C)(C)C)cc4)cc3)cc2)cc1. The lowest BCUT2D eigenvalue weighted by Crippen LogP contribution is -2.10. The second-order valence-corrected chi connectivity index (χ2v) is 24.6. The largest absolute Gasteiger partial charge is 0.416 e. The molecule has 0 atom stereocenters. The minimum atomic E-state index is -4.39. The third-order valence-corrected chi connectivity index (χ3v) is 16.9. The van der Waals surface area contributed by atoms with Gasteiger partial charge in [-0.3, -0.25) is 0 Å². The third-order valence-electron chi connectivity index (χ3n) is 14.4. The highest BCUT2D eigenvalue weighted by atomic mass is 32.1. The normalized spacial score (nSPS) is 12.7. The van der Waals surface area contributed by atoms with Gasteiger partial charge in [0.25, 0.3) is 0 Å². The molecule has 0 saturated heterocycles. The molecule has 8 aromatic carbocycles. The summed E-state index contributed by atoms with van der Waals surface area (Å²) in [5.74, 6) is 0. The Bertz CT molecular complexity index is 3640. The Hall–Kier alpha value is -8.30. The van der Waals surface area contributed by atoms with Gasteiger partial charge in [0, 0.05) is 20.9 Å². The van der Waals surface area contributed by atoms with Gasteiger partial charge in [-0.1, -0.05) is 260 Å². The summed E-state index contributed by atoms with van der Waals surface area (Å²) in [6, 6.07) is 66.1. The molecule has 0 saturated carbocycles. The van der Waals surface area contributed by atoms with Crippen LogP contribution in [-0.4, -0.2) is 0 Å². The topological polar surface area (TPSA) is 0 Å². The van der Waals surface area contributed by atoms with Gasteiger partial charge in [0.05, 0.1) is 20.9 Å². The monoisotopic (exact) mass is 1130 g/mol. The van der Waals surface area contributed by atoms with Gasteiger partial charge in [0.1, 0.15) is 0 Å². The lowest BCUT2D eigenvalue weighted by atomic mass is 9.86. The van der Waals surface area contributed by atoms with E-state index in [1.807, 2.05) is 48.6 Å². The third kappa shape index (κ3) is 14.1. The van der Waals surface area contributed by atoms with Crippen LogP contribution < -0.4 is 0 Å². The van der Waals surface area contributed by atoms with Crippen molar-refractivity contribution in [3.63, 3.8) is 0 Å². The predicted molar refractivity (Wildman–Crippen MR) is 338 cm³/mol. The summed E-state index contributed by atoms with van der Waals surface area (Å²) < 4.78 is 79.5. The van der Waals surface area contributed by atoms with Crippen LogP contribution in [-0.2, 0) is 23.2 Å². The maximum atomic E-state index is 13.2. The summed E-state index contributed by atoms with van der Waals surface area (Å²) in [5, 5.41) is 0. The Morgan fingerprint density at radius 1 is 0.256 bits per heavy atom. The summed E-state index contributed by atoms with van der Waals surface area (Å²) in [7, 11) is 0. The molecule has 2 heterocycles. The van der Waals surface area contributed by atoms with Crippen molar-refractivity contribution in [2.75, 3.05) is 0 Å². The maximum Gasteiger partial charge on any atom is 0.416 e. The summed E-state index contributed by atoms with van der Waals surface area (Å²) in [6.07, 6.45) is 7.22. The zero-order valence-electron chi connectivity index (χ0n) is 46.3. The molecule has 10 aromatic rings. The number of halogens is 6. The molecular weight excluding hydrogens is 1070 g/mol. The van der Waals surface area contributed by atoms with Crippen LogP contribution >= 0.6 is 22.7 Å². The molecule has 0 spiro atoms. The first-order valence-electron chi connectivity index (χ1n) is 27.1. The lowest BCUT2D eigenvalue weighted by molar-refractivity contribution is -0.138. The Morgan fingerprint density at radius 2 is 0.451 bits per heavy atom. The van der Waals surface area contributed by atoms with Gasteiger partial charge in [0.15, 0.2) is 0 Å². The molecule has 0 fully saturated rings. The van der Waals surface area contributed by atoms with Gasteiger partial charge < -0.3 is 0 Å². The van der Waals surface area contributed by atoms with E-state index in [0.717, 1.165) is 111 Å². The van der Waals surface area contributed by atoms with E-state index >= 15 is 0 Å². The number of hydrogen-bond donors (Lipinski definition) is 0. The molecule has 0 aliphatic heterocycles. The molecule has 0 nitrogen and oxygen atoms in total. The molecule has 0 N–H and O–H groups in total. The fourth-order valence-electron chi connectivity index (χ4n) is 9.42. The fourth-order valence-corrected chi connectivity index (χ4v) is 12.0. The van der Waals surface area contributed by atoms with Crippen molar-refractivity contribution in [3.8, 4) is 52.9 Å². The van der Waals surface area contributed by atoms with Crippen LogP contribution in [0.15, 0.2) is 206 Å². The molecule has 0 bridgehead atoms. The maximum absolute atomic E-state index is 13.2. The number of alkyl halides is 6. The molecule has 0 aliphatic carbocycles. The van der Waals surface area contributed by atoms with Crippen LogP contribution in [0.2, 0.25) is 0 Å². The van der Waals surface area contributed by atoms with Crippen LogP contribution in [0.25, 0.3) is 101 Å². The first kappa shape index (κ1) is 57.0. The van der Waals surface area contributed by atoms with Crippen molar-refractivity contribution >= 4 is 71.3 Å². The van der Waals surface area contributed by atoms with Crippen molar-refractivity contribution < 1.29 is 26.3 Å². The average Bonchev–Trinajstić information content (AvgIpc) is 4.20. The Balaban J connectivity index is 1.02. The van der Waals surface area contributed by atoms with E-state index in [4.69, 9.17) is 0 Å². The summed E-state index contributed by atoms with van der Waals surface area (Å²) in [4.78, 5) is 4.39. The summed E-state index contributed by atoms with van der Waals surface area (Å²) in [5.41, 5.74) is 15.3. The van der Waals surface area contributed by atoms with Crippen LogP contribution in [0.1, 0.15) is 108 Å². The molecule has 8 heteroatoms. The van der Waals surface area contributed by atoms with Gasteiger partial charge in [-0.2, -0.15) is 26.3 Å². The van der Waals surface area contributed by atoms with Gasteiger partial charge in [0.2, 0.25) is 0 Å². The van der Waals surface area contributed by atoms with E-state index in [2.05, 4.69) is 199 Å². The number of hydrogen-bond acceptors (Lipinski definition) is 2. The molecule has 10 rings (SSSR count). The Labute approximate surface area is 485 Å². The minimum Gasteiger partial charge on any atom is -0.166 e. The zero-order valence-corrected chi connectivity index (χ0v) is 48.0. The second-order valence-electron chi connectivity index (χ2n) is 22.5. The van der Waals surface area contributed by atoms with E-state index in [1.165, 1.54) is 35.4 Å². The Morgan fingerprint density at radius 3 is 0.659 bits per heavy atom. The van der Waals surface area contributed by atoms with E-state index < -0.39 is 23.5 Å². The van der Waals surface area contributed by atoms with Crippen LogP contribution in [0.5, 0.6) is 0 Å². The van der Waals surface area contributed by atoms with Crippen LogP contribution in [0, 0.1) is 0 Å². The molecule has 0 unspecified atom stereocenters. The van der Waals surface area contributed by atoms with Crippen molar-refractivity contribution in [2.45, 2.75) is 64.7 Å². The predicted octanol–water partition coefficient (Wildman–Crippen LogP) is 23.5. The lowest BCUT2D eigenvalue weighted by Gasteiger charge is -2.18. The van der Waals surface area contributed by atoms with E-state index in [0.29, 0.717) is 11.1 Å². The number of rotatable bonds is 13. The number of thiophene rings is 2. The van der Waals surface area contributed by atoms with Gasteiger partial charge in [-0.05, 0) is 125 Å². The van der Waals surface area contributed by atoms with Gasteiger partial charge in [-0.15, -0.1) is 22.7 Å². The van der Waals surface area contributed by atoms with E-state index in [9.17, 15) is 26.3 Å². The Kier molecular flexibility index (Phi) is 16.4. The fraction of sp³-hybridized carbons (Fsp3) is 0.135. The smallest absolute Gasteiger partial charge is 0.166 e. The zero-order chi connectivity index (χ0) is 57.8. The standard InChI is InChI=1S/C74H60F6S2/c1-71(2,3)61-39-23-53(24-40-61)11-7-49-15-31-57(32-16-49)65-47-67(59-35-19-51(20-36-59)9-13-55-27-43-63(44-28-55)73(75,76)77)81-69(65)70-66(58-33-17-50(18-34-58)8-12-54-25-41-62(42-26-54)72(4,5)6)48-68(82-70)60-37-21-52(22-38-60)10-14-56-29-45-64(46-30-56)74(78,79)80/h7-48H,1-6H3/b11-7+,12-8+,13-9+,14-10+. The van der Waals surface area contributed by atoms with Crippen molar-refractivity contribution in [1.29, 1.82) is 0 Å². The average molecular weight is 1130 g/mol. The summed E-state index contributed by atoms with van der Waals surface area (Å²) >= 11 is 3.47. The first-order valence-corrected chi connectivity index (χ1v) is 28.7. The molecule has 0 aliphatic rings. The molecular formula is C74H60F6S2. The second kappa shape index (κ2) is 23.7. The van der Waals surface area contributed by atoms with Crippen LogP contribution in [0.4, 0.5) is 26.3 Å². The quantitative estimate of drug-likeness (QED) is 0.0797. The van der Waals surface area contributed by atoms with E-state index in [1.54, 1.807) is 22.7 Å². The molecule has 0 amide bonds. The molecule has 410 valence electrons. The summed E-state index contributed by atoms with van der Waals surface area (Å²) in [6.45, 7) is 13.3. The molecule has 0 radical (unpaired) electrons. The highest BCUT2D eigenvalue weighted by molar-refractivity contribution is 7.26. The van der Waals surface area contributed by atoms with Gasteiger partial charge in [-0.25, -0.2) is 0 Å². The highest BCUT2D eigenvalue weighted by Gasteiger charge is 2.31. The van der Waals surface area contributed by atoms with Crippen molar-refractivity contribution in [2.24, 2.45) is 0 Å². The van der Waals surface area contributed by atoms with Gasteiger partial charge >= 0.3 is 12.4 Å².